The Labute approximate surface area is 100 Å². The van der Waals surface area contributed by atoms with E-state index in [9.17, 15) is 0 Å². The second kappa shape index (κ2) is 5.25. The lowest BCUT2D eigenvalue weighted by atomic mass is 10.3. The average molecular weight is 236 g/mol. The highest BCUT2D eigenvalue weighted by Crippen LogP contribution is 2.27. The van der Waals surface area contributed by atoms with Gasteiger partial charge in [-0.3, -0.25) is 4.99 Å². The van der Waals surface area contributed by atoms with Crippen LogP contribution in [-0.4, -0.2) is 23.6 Å². The Kier molecular flexibility index (Phi) is 3.72. The van der Waals surface area contributed by atoms with Gasteiger partial charge in [-0.1, -0.05) is 23.9 Å². The molecule has 0 fully saturated rings. The van der Waals surface area contributed by atoms with Gasteiger partial charge in [-0.2, -0.15) is 0 Å². The van der Waals surface area contributed by atoms with Crippen LogP contribution in [0.4, 0.5) is 5.69 Å². The second-order valence-electron chi connectivity index (χ2n) is 3.65. The summed E-state index contributed by atoms with van der Waals surface area (Å²) < 4.78 is 5.55. The van der Waals surface area contributed by atoms with Crippen molar-refractivity contribution in [3.05, 3.63) is 24.3 Å². The van der Waals surface area contributed by atoms with Crippen molar-refractivity contribution >= 4 is 22.6 Å². The van der Waals surface area contributed by atoms with E-state index < -0.39 is 0 Å². The number of hydrogen-bond acceptors (Lipinski definition) is 4. The Balaban J connectivity index is 2.11. The van der Waals surface area contributed by atoms with Gasteiger partial charge in [-0.05, 0) is 26.0 Å². The Bertz CT molecular complexity index is 392. The molecule has 3 nitrogen and oxygen atoms in total. The van der Waals surface area contributed by atoms with Crippen molar-refractivity contribution in [2.45, 2.75) is 19.9 Å². The summed E-state index contributed by atoms with van der Waals surface area (Å²) in [5.41, 5.74) is 0.990. The first-order chi connectivity index (χ1) is 7.79. The number of nitrogens with zero attached hydrogens (tertiary/aromatic N) is 1. The molecule has 16 heavy (non-hydrogen) atoms. The van der Waals surface area contributed by atoms with Crippen LogP contribution in [0, 0.1) is 0 Å². The van der Waals surface area contributed by atoms with E-state index in [0.29, 0.717) is 12.6 Å². The molecule has 4 heteroatoms. The Hall–Kier alpha value is -1.16. The largest absolute Gasteiger partial charge is 0.492 e. The van der Waals surface area contributed by atoms with Crippen molar-refractivity contribution in [3.63, 3.8) is 0 Å². The molecule has 0 unspecified atom stereocenters. The Morgan fingerprint density at radius 1 is 1.50 bits per heavy atom. The van der Waals surface area contributed by atoms with Crippen molar-refractivity contribution in [1.82, 2.24) is 0 Å². The van der Waals surface area contributed by atoms with E-state index >= 15 is 0 Å². The lowest BCUT2D eigenvalue weighted by Crippen LogP contribution is -2.07. The van der Waals surface area contributed by atoms with Crippen LogP contribution >= 0.6 is 11.8 Å². The van der Waals surface area contributed by atoms with Crippen molar-refractivity contribution in [2.24, 2.45) is 4.99 Å². The van der Waals surface area contributed by atoms with Gasteiger partial charge in [0.2, 0.25) is 0 Å². The molecule has 1 aromatic carbocycles. The first kappa shape index (κ1) is 11.3. The minimum absolute atomic E-state index is 0.409. The summed E-state index contributed by atoms with van der Waals surface area (Å²) in [6.45, 7) is 4.78. The number of benzene rings is 1. The summed E-state index contributed by atoms with van der Waals surface area (Å²) in [4.78, 5) is 4.50. The van der Waals surface area contributed by atoms with E-state index in [1.54, 1.807) is 11.8 Å². The van der Waals surface area contributed by atoms with Crippen LogP contribution in [0.1, 0.15) is 13.8 Å². The van der Waals surface area contributed by atoms with Crippen molar-refractivity contribution in [2.75, 3.05) is 17.7 Å². The third-order valence-corrected chi connectivity index (χ3v) is 3.36. The lowest BCUT2D eigenvalue weighted by molar-refractivity contribution is 0.342. The second-order valence-corrected chi connectivity index (χ2v) is 4.66. The predicted octanol–water partition coefficient (Wildman–Crippen LogP) is 2.99. The highest BCUT2D eigenvalue weighted by Gasteiger charge is 2.14. The van der Waals surface area contributed by atoms with Gasteiger partial charge in [0.15, 0.2) is 5.17 Å². The number of nitrogens with one attached hydrogen (secondary N) is 1. The Morgan fingerprint density at radius 3 is 3.00 bits per heavy atom. The molecule has 0 amide bonds. The van der Waals surface area contributed by atoms with Gasteiger partial charge >= 0.3 is 0 Å². The van der Waals surface area contributed by atoms with E-state index in [2.05, 4.69) is 17.2 Å². The molecule has 0 bridgehead atoms. The van der Waals surface area contributed by atoms with E-state index in [1.807, 2.05) is 31.2 Å². The molecule has 1 aliphatic heterocycles. The number of aliphatic imine (C=N–C) groups is 1. The number of thioether (sulfide) groups is 1. The maximum atomic E-state index is 5.55. The number of hydrogen-bond donors (Lipinski definition) is 1. The topological polar surface area (TPSA) is 33.6 Å². The van der Waals surface area contributed by atoms with Crippen molar-refractivity contribution < 1.29 is 4.74 Å². The van der Waals surface area contributed by atoms with Crippen LogP contribution in [0.25, 0.3) is 0 Å². The molecule has 86 valence electrons. The molecule has 2 rings (SSSR count). The lowest BCUT2D eigenvalue weighted by Gasteiger charge is -2.11. The first-order valence-corrected chi connectivity index (χ1v) is 6.47. The first-order valence-electron chi connectivity index (χ1n) is 5.49. The molecule has 0 radical (unpaired) electrons. The monoisotopic (exact) mass is 236 g/mol. The number of para-hydroxylation sites is 2. The van der Waals surface area contributed by atoms with Gasteiger partial charge in [0.1, 0.15) is 5.75 Å². The fourth-order valence-corrected chi connectivity index (χ4v) is 2.42. The fraction of sp³-hybridized carbons (Fsp3) is 0.417. The number of ether oxygens (including phenoxy) is 1. The van der Waals surface area contributed by atoms with Crippen LogP contribution < -0.4 is 10.1 Å². The van der Waals surface area contributed by atoms with Crippen LogP contribution in [0.5, 0.6) is 5.75 Å². The van der Waals surface area contributed by atoms with Gasteiger partial charge in [0.25, 0.3) is 0 Å². The van der Waals surface area contributed by atoms with Gasteiger partial charge < -0.3 is 10.1 Å². The van der Waals surface area contributed by atoms with E-state index in [1.165, 1.54) is 0 Å². The number of rotatable bonds is 3. The summed E-state index contributed by atoms with van der Waals surface area (Å²) >= 11 is 1.76. The van der Waals surface area contributed by atoms with Crippen LogP contribution in [-0.2, 0) is 0 Å². The third kappa shape index (κ3) is 2.70. The average Bonchev–Trinajstić information content (AvgIpc) is 2.67. The maximum Gasteiger partial charge on any atom is 0.161 e. The van der Waals surface area contributed by atoms with Crippen molar-refractivity contribution in [1.29, 1.82) is 0 Å². The summed E-state index contributed by atoms with van der Waals surface area (Å²) in [5.74, 6) is 1.94. The molecule has 1 aromatic rings. The quantitative estimate of drug-likeness (QED) is 0.876. The molecule has 0 saturated carbocycles. The van der Waals surface area contributed by atoms with Gasteiger partial charge in [-0.15, -0.1) is 0 Å². The summed E-state index contributed by atoms with van der Waals surface area (Å²) in [6.07, 6.45) is 0. The normalized spacial score (nSPS) is 19.4. The smallest absolute Gasteiger partial charge is 0.161 e. The zero-order chi connectivity index (χ0) is 11.4. The Morgan fingerprint density at radius 2 is 2.31 bits per heavy atom. The van der Waals surface area contributed by atoms with Crippen LogP contribution in [0.2, 0.25) is 0 Å². The van der Waals surface area contributed by atoms with E-state index in [-0.39, 0.29) is 0 Å². The molecule has 0 saturated heterocycles. The fourth-order valence-electron chi connectivity index (χ4n) is 1.51. The zero-order valence-electron chi connectivity index (χ0n) is 9.56. The summed E-state index contributed by atoms with van der Waals surface area (Å²) in [6, 6.07) is 8.36. The molecule has 0 aromatic heterocycles. The van der Waals surface area contributed by atoms with Gasteiger partial charge in [-0.25, -0.2) is 0 Å². The standard InChI is InChI=1S/C12H16N2OS/c1-3-15-11-7-5-4-6-10(11)14-12-13-9(2)8-16-12/h4-7,9H,3,8H2,1-2H3,(H,13,14)/t9-/m1/s1. The molecule has 1 aliphatic rings. The van der Waals surface area contributed by atoms with Gasteiger partial charge in [0.05, 0.1) is 18.3 Å². The molecule has 0 spiro atoms. The number of amidine groups is 1. The molecular weight excluding hydrogens is 220 g/mol. The minimum atomic E-state index is 0.409. The summed E-state index contributed by atoms with van der Waals surface area (Å²) in [5, 5.41) is 4.30. The zero-order valence-corrected chi connectivity index (χ0v) is 10.4. The molecule has 1 atom stereocenters. The van der Waals surface area contributed by atoms with E-state index in [0.717, 1.165) is 22.4 Å². The summed E-state index contributed by atoms with van der Waals surface area (Å²) in [7, 11) is 0. The molecule has 0 aliphatic carbocycles. The molecular formula is C12H16N2OS. The molecule has 1 heterocycles. The SMILES string of the molecule is CCOc1ccccc1NC1=N[C@H](C)CS1. The third-order valence-electron chi connectivity index (χ3n) is 2.23. The predicted molar refractivity (Wildman–Crippen MR) is 70.6 cm³/mol. The number of anilines is 1. The van der Waals surface area contributed by atoms with Crippen molar-refractivity contribution in [3.8, 4) is 5.75 Å². The minimum Gasteiger partial charge on any atom is -0.492 e. The van der Waals surface area contributed by atoms with Crippen LogP contribution in [0.3, 0.4) is 0 Å². The van der Waals surface area contributed by atoms with E-state index in [4.69, 9.17) is 4.74 Å². The molecule has 1 N–H and O–H groups in total. The van der Waals surface area contributed by atoms with Gasteiger partial charge in [0, 0.05) is 5.75 Å². The highest BCUT2D eigenvalue weighted by atomic mass is 32.2. The van der Waals surface area contributed by atoms with Crippen LogP contribution in [0.15, 0.2) is 29.3 Å². The highest BCUT2D eigenvalue weighted by molar-refractivity contribution is 8.14. The maximum absolute atomic E-state index is 5.55.